The lowest BCUT2D eigenvalue weighted by molar-refractivity contribution is 0.0607. The van der Waals surface area contributed by atoms with Gasteiger partial charge in [0.25, 0.3) is 0 Å². The van der Waals surface area contributed by atoms with Gasteiger partial charge in [-0.25, -0.2) is 9.18 Å². The zero-order valence-electron chi connectivity index (χ0n) is 11.6. The first-order valence-corrected chi connectivity index (χ1v) is 7.03. The van der Waals surface area contributed by atoms with Gasteiger partial charge in [-0.3, -0.25) is 0 Å². The second kappa shape index (κ2) is 5.63. The number of hydrogen-bond acceptors (Lipinski definition) is 4. The molecule has 0 aliphatic rings. The summed E-state index contributed by atoms with van der Waals surface area (Å²) in [4.78, 5) is 12.9. The fourth-order valence-electron chi connectivity index (χ4n) is 2.12. The number of methoxy groups -OCH3 is 1. The number of halogens is 1. The van der Waals surface area contributed by atoms with Gasteiger partial charge in [0.2, 0.25) is 0 Å². The van der Waals surface area contributed by atoms with Crippen LogP contribution < -0.4 is 5.73 Å². The molecule has 2 aromatic rings. The summed E-state index contributed by atoms with van der Waals surface area (Å²) >= 11 is 1.24. The van der Waals surface area contributed by atoms with Crippen molar-refractivity contribution < 1.29 is 13.9 Å². The predicted molar refractivity (Wildman–Crippen MR) is 79.6 cm³/mol. The average molecular weight is 293 g/mol. The number of nitrogens with two attached hydrogens (primary N) is 1. The molecular weight excluding hydrogens is 277 g/mol. The van der Waals surface area contributed by atoms with E-state index in [9.17, 15) is 9.18 Å². The van der Waals surface area contributed by atoms with Crippen molar-refractivity contribution in [3.63, 3.8) is 0 Å². The minimum Gasteiger partial charge on any atom is -0.465 e. The third-order valence-electron chi connectivity index (χ3n) is 3.02. The molecule has 0 saturated carbocycles. The Bertz CT molecular complexity index is 649. The van der Waals surface area contributed by atoms with E-state index in [2.05, 4.69) is 0 Å². The maximum atomic E-state index is 13.4. The zero-order chi connectivity index (χ0) is 14.9. The molecule has 0 aliphatic carbocycles. The number of thiophene rings is 1. The SMILES string of the molecule is COC(=O)c1sc(-c2cccc(F)c2)c(C(C)C)c1N. The van der Waals surface area contributed by atoms with Crippen LogP contribution in [0.5, 0.6) is 0 Å². The van der Waals surface area contributed by atoms with Crippen LogP contribution in [-0.2, 0) is 4.74 Å². The van der Waals surface area contributed by atoms with Crippen molar-refractivity contribution in [2.24, 2.45) is 0 Å². The normalized spacial score (nSPS) is 10.8. The fourth-order valence-corrected chi connectivity index (χ4v) is 3.41. The second-order valence-corrected chi connectivity index (χ2v) is 5.76. The fraction of sp³-hybridized carbons (Fsp3) is 0.267. The van der Waals surface area contributed by atoms with Crippen molar-refractivity contribution in [1.82, 2.24) is 0 Å². The third-order valence-corrected chi connectivity index (χ3v) is 4.27. The van der Waals surface area contributed by atoms with Gasteiger partial charge in [0.15, 0.2) is 0 Å². The molecule has 2 N–H and O–H groups in total. The van der Waals surface area contributed by atoms with E-state index in [0.29, 0.717) is 10.6 Å². The second-order valence-electron chi connectivity index (χ2n) is 4.74. The Hall–Kier alpha value is -1.88. The number of carbonyl (C=O) groups is 1. The number of nitrogen functional groups attached to an aromatic ring is 1. The van der Waals surface area contributed by atoms with Gasteiger partial charge >= 0.3 is 5.97 Å². The molecule has 1 aromatic heterocycles. The first kappa shape index (κ1) is 14.5. The quantitative estimate of drug-likeness (QED) is 0.869. The van der Waals surface area contributed by atoms with Crippen LogP contribution in [0.3, 0.4) is 0 Å². The van der Waals surface area contributed by atoms with Crippen molar-refractivity contribution in [3.05, 3.63) is 40.5 Å². The molecule has 0 bridgehead atoms. The van der Waals surface area contributed by atoms with Crippen LogP contribution in [0.1, 0.15) is 35.0 Å². The summed E-state index contributed by atoms with van der Waals surface area (Å²) in [5.41, 5.74) is 8.08. The average Bonchev–Trinajstić information content (AvgIpc) is 2.75. The molecule has 1 heterocycles. The summed E-state index contributed by atoms with van der Waals surface area (Å²) in [5.74, 6) is -0.649. The molecule has 2 rings (SSSR count). The van der Waals surface area contributed by atoms with E-state index in [0.717, 1.165) is 16.0 Å². The van der Waals surface area contributed by atoms with E-state index in [-0.39, 0.29) is 11.7 Å². The van der Waals surface area contributed by atoms with Gasteiger partial charge in [-0.1, -0.05) is 26.0 Å². The Morgan fingerprint density at radius 1 is 1.40 bits per heavy atom. The molecule has 1 aromatic carbocycles. The summed E-state index contributed by atoms with van der Waals surface area (Å²) in [7, 11) is 1.32. The van der Waals surface area contributed by atoms with Crippen molar-refractivity contribution in [3.8, 4) is 10.4 Å². The number of anilines is 1. The maximum Gasteiger partial charge on any atom is 0.350 e. The highest BCUT2D eigenvalue weighted by molar-refractivity contribution is 7.18. The number of esters is 1. The van der Waals surface area contributed by atoms with Gasteiger partial charge < -0.3 is 10.5 Å². The van der Waals surface area contributed by atoms with E-state index in [4.69, 9.17) is 10.5 Å². The standard InChI is InChI=1S/C15H16FNO2S/c1-8(2)11-12(17)14(15(18)19-3)20-13(11)9-5-4-6-10(16)7-9/h4-8H,17H2,1-3H3. The van der Waals surface area contributed by atoms with E-state index in [1.54, 1.807) is 12.1 Å². The smallest absolute Gasteiger partial charge is 0.350 e. The molecule has 0 spiro atoms. The van der Waals surface area contributed by atoms with Crippen LogP contribution in [0.2, 0.25) is 0 Å². The van der Waals surface area contributed by atoms with Crippen LogP contribution in [0.4, 0.5) is 10.1 Å². The molecule has 0 fully saturated rings. The lowest BCUT2D eigenvalue weighted by Gasteiger charge is -2.09. The van der Waals surface area contributed by atoms with Crippen LogP contribution in [-0.4, -0.2) is 13.1 Å². The number of ether oxygens (including phenoxy) is 1. The van der Waals surface area contributed by atoms with Crippen molar-refractivity contribution in [1.29, 1.82) is 0 Å². The molecule has 0 aliphatic heterocycles. The number of hydrogen-bond donors (Lipinski definition) is 1. The van der Waals surface area contributed by atoms with Gasteiger partial charge in [-0.05, 0) is 29.2 Å². The first-order valence-electron chi connectivity index (χ1n) is 6.22. The van der Waals surface area contributed by atoms with Crippen LogP contribution >= 0.6 is 11.3 Å². The van der Waals surface area contributed by atoms with E-state index in [1.807, 2.05) is 13.8 Å². The molecule has 20 heavy (non-hydrogen) atoms. The lowest BCUT2D eigenvalue weighted by Crippen LogP contribution is -2.03. The Morgan fingerprint density at radius 2 is 2.10 bits per heavy atom. The molecule has 3 nitrogen and oxygen atoms in total. The summed E-state index contributed by atoms with van der Waals surface area (Å²) in [6, 6.07) is 6.28. The zero-order valence-corrected chi connectivity index (χ0v) is 12.4. The molecule has 0 unspecified atom stereocenters. The number of rotatable bonds is 3. The molecule has 0 saturated heterocycles. The summed E-state index contributed by atoms with van der Waals surface area (Å²) < 4.78 is 18.1. The van der Waals surface area contributed by atoms with Crippen molar-refractivity contribution in [2.75, 3.05) is 12.8 Å². The first-order chi connectivity index (χ1) is 9.45. The Morgan fingerprint density at radius 3 is 2.65 bits per heavy atom. The molecule has 0 atom stereocenters. The van der Waals surface area contributed by atoms with Crippen LogP contribution in [0, 0.1) is 5.82 Å². The maximum absolute atomic E-state index is 13.4. The van der Waals surface area contributed by atoms with E-state index < -0.39 is 5.97 Å². The molecule has 0 amide bonds. The monoisotopic (exact) mass is 293 g/mol. The van der Waals surface area contributed by atoms with Crippen molar-refractivity contribution >= 4 is 23.0 Å². The highest BCUT2D eigenvalue weighted by Crippen LogP contribution is 2.42. The number of carbonyl (C=O) groups excluding carboxylic acids is 1. The van der Waals surface area contributed by atoms with Gasteiger partial charge in [0.1, 0.15) is 10.7 Å². The summed E-state index contributed by atoms with van der Waals surface area (Å²) in [6.07, 6.45) is 0. The highest BCUT2D eigenvalue weighted by atomic mass is 32.1. The summed E-state index contributed by atoms with van der Waals surface area (Å²) in [5, 5.41) is 0. The minimum atomic E-state index is -0.461. The summed E-state index contributed by atoms with van der Waals surface area (Å²) in [6.45, 7) is 3.98. The van der Waals surface area contributed by atoms with Gasteiger partial charge in [0, 0.05) is 4.88 Å². The van der Waals surface area contributed by atoms with Crippen LogP contribution in [0.15, 0.2) is 24.3 Å². The minimum absolute atomic E-state index is 0.128. The van der Waals surface area contributed by atoms with Gasteiger partial charge in [-0.2, -0.15) is 0 Å². The van der Waals surface area contributed by atoms with Crippen LogP contribution in [0.25, 0.3) is 10.4 Å². The highest BCUT2D eigenvalue weighted by Gasteiger charge is 2.24. The predicted octanol–water partition coefficient (Wildman–Crippen LogP) is 4.05. The number of benzene rings is 1. The van der Waals surface area contributed by atoms with E-state index in [1.165, 1.54) is 30.6 Å². The Labute approximate surface area is 121 Å². The Balaban J connectivity index is 2.66. The van der Waals surface area contributed by atoms with E-state index >= 15 is 0 Å². The lowest BCUT2D eigenvalue weighted by atomic mass is 9.98. The van der Waals surface area contributed by atoms with Gasteiger partial charge in [0.05, 0.1) is 12.8 Å². The molecule has 106 valence electrons. The van der Waals surface area contributed by atoms with Crippen molar-refractivity contribution in [2.45, 2.75) is 19.8 Å². The molecule has 0 radical (unpaired) electrons. The van der Waals surface area contributed by atoms with Gasteiger partial charge in [-0.15, -0.1) is 11.3 Å². The molecular formula is C15H16FNO2S. The molecule has 5 heteroatoms. The third kappa shape index (κ3) is 2.54. The largest absolute Gasteiger partial charge is 0.465 e. The Kier molecular flexibility index (Phi) is 4.09. The topological polar surface area (TPSA) is 52.3 Å².